The molecule has 1 aliphatic carbocycles. The number of rotatable bonds is 6. The summed E-state index contributed by atoms with van der Waals surface area (Å²) < 4.78 is 31.7. The van der Waals surface area contributed by atoms with Crippen LogP contribution < -0.4 is 10.5 Å². The van der Waals surface area contributed by atoms with Crippen LogP contribution >= 0.6 is 0 Å². The fourth-order valence-electron chi connectivity index (χ4n) is 2.52. The molecule has 2 atom stereocenters. The molecule has 6 nitrogen and oxygen atoms in total. The molecule has 19 heavy (non-hydrogen) atoms. The fraction of sp³-hybridized carbons (Fsp3) is 0.667. The Hall–Kier alpha value is -0.890. The monoisotopic (exact) mass is 288 g/mol. The van der Waals surface area contributed by atoms with Crippen LogP contribution in [-0.2, 0) is 16.6 Å². The average molecular weight is 288 g/mol. The van der Waals surface area contributed by atoms with Gasteiger partial charge in [0.1, 0.15) is 5.76 Å². The van der Waals surface area contributed by atoms with Crippen LogP contribution in [0.15, 0.2) is 21.6 Å². The molecule has 2 unspecified atom stereocenters. The lowest BCUT2D eigenvalue weighted by molar-refractivity contribution is 0.195. The van der Waals surface area contributed by atoms with Gasteiger partial charge < -0.3 is 15.3 Å². The predicted octanol–water partition coefficient (Wildman–Crippen LogP) is 0.425. The minimum absolute atomic E-state index is 0.105. The number of hydrogen-bond acceptors (Lipinski definition) is 5. The topological polar surface area (TPSA) is 106 Å². The molecule has 0 bridgehead atoms. The highest BCUT2D eigenvalue weighted by Gasteiger charge is 2.28. The lowest BCUT2D eigenvalue weighted by atomic mass is 9.97. The summed E-state index contributed by atoms with van der Waals surface area (Å²) in [6, 6.07) is 2.96. The van der Waals surface area contributed by atoms with Crippen LogP contribution in [0.3, 0.4) is 0 Å². The maximum absolute atomic E-state index is 12.0. The van der Waals surface area contributed by atoms with Crippen molar-refractivity contribution in [2.24, 2.45) is 17.6 Å². The Morgan fingerprint density at radius 1 is 1.37 bits per heavy atom. The standard InChI is InChI=1S/C12H20N2O4S/c13-6-11-4-5-12(18-11)19(16,17)14-7-9-2-1-3-10(9)8-15/h4-5,9-10,14-15H,1-3,6-8,13H2. The van der Waals surface area contributed by atoms with E-state index in [2.05, 4.69) is 4.72 Å². The highest BCUT2D eigenvalue weighted by Crippen LogP contribution is 2.31. The number of aliphatic hydroxyl groups is 1. The minimum atomic E-state index is -3.62. The third kappa shape index (κ3) is 3.36. The SMILES string of the molecule is NCc1ccc(S(=O)(=O)NCC2CCCC2CO)o1. The second kappa shape index (κ2) is 6.04. The van der Waals surface area contributed by atoms with Crippen LogP contribution in [0, 0.1) is 11.8 Å². The van der Waals surface area contributed by atoms with Crippen LogP contribution in [0.4, 0.5) is 0 Å². The Morgan fingerprint density at radius 2 is 2.11 bits per heavy atom. The van der Waals surface area contributed by atoms with E-state index in [9.17, 15) is 13.5 Å². The normalized spacial score (nSPS) is 23.9. The lowest BCUT2D eigenvalue weighted by Gasteiger charge is -2.17. The smallest absolute Gasteiger partial charge is 0.273 e. The van der Waals surface area contributed by atoms with E-state index in [-0.39, 0.29) is 30.1 Å². The average Bonchev–Trinajstić information content (AvgIpc) is 3.05. The zero-order valence-electron chi connectivity index (χ0n) is 10.7. The minimum Gasteiger partial charge on any atom is -0.447 e. The molecule has 7 heteroatoms. The summed E-state index contributed by atoms with van der Waals surface area (Å²) in [6.07, 6.45) is 2.94. The van der Waals surface area contributed by atoms with E-state index in [1.54, 1.807) is 6.07 Å². The molecular formula is C12H20N2O4S. The van der Waals surface area contributed by atoms with Gasteiger partial charge in [0.25, 0.3) is 10.0 Å². The highest BCUT2D eigenvalue weighted by molar-refractivity contribution is 7.89. The van der Waals surface area contributed by atoms with Gasteiger partial charge in [0.2, 0.25) is 5.09 Å². The molecule has 108 valence electrons. The first-order valence-electron chi connectivity index (χ1n) is 6.46. The number of nitrogens with one attached hydrogen (secondary N) is 1. The zero-order chi connectivity index (χ0) is 13.9. The Kier molecular flexibility index (Phi) is 4.62. The molecule has 1 aromatic heterocycles. The molecule has 0 spiro atoms. The molecule has 2 rings (SSSR count). The van der Waals surface area contributed by atoms with Gasteiger partial charge in [-0.15, -0.1) is 0 Å². The Labute approximate surface area is 113 Å². The van der Waals surface area contributed by atoms with Crippen LogP contribution in [-0.4, -0.2) is 26.7 Å². The van der Waals surface area contributed by atoms with E-state index in [0.717, 1.165) is 19.3 Å². The molecule has 1 fully saturated rings. The Bertz CT molecular complexity index is 512. The fourth-order valence-corrected chi connectivity index (χ4v) is 3.56. The third-order valence-corrected chi connectivity index (χ3v) is 4.99. The van der Waals surface area contributed by atoms with Crippen molar-refractivity contribution >= 4 is 10.0 Å². The predicted molar refractivity (Wildman–Crippen MR) is 69.7 cm³/mol. The van der Waals surface area contributed by atoms with E-state index >= 15 is 0 Å². The zero-order valence-corrected chi connectivity index (χ0v) is 11.5. The van der Waals surface area contributed by atoms with E-state index < -0.39 is 10.0 Å². The van der Waals surface area contributed by atoms with Crippen LogP contribution in [0.5, 0.6) is 0 Å². The van der Waals surface area contributed by atoms with Gasteiger partial charge in [-0.1, -0.05) is 6.42 Å². The molecule has 0 saturated heterocycles. The van der Waals surface area contributed by atoms with Gasteiger partial charge in [-0.25, -0.2) is 13.1 Å². The first kappa shape index (κ1) is 14.5. The van der Waals surface area contributed by atoms with Crippen LogP contribution in [0.25, 0.3) is 0 Å². The first-order chi connectivity index (χ1) is 9.06. The number of nitrogens with two attached hydrogens (primary N) is 1. The molecule has 4 N–H and O–H groups in total. The van der Waals surface area contributed by atoms with Crippen molar-refractivity contribution in [3.8, 4) is 0 Å². The van der Waals surface area contributed by atoms with Gasteiger partial charge in [0.05, 0.1) is 6.54 Å². The quantitative estimate of drug-likeness (QED) is 0.703. The van der Waals surface area contributed by atoms with Crippen molar-refractivity contribution in [1.29, 1.82) is 0 Å². The number of furan rings is 1. The van der Waals surface area contributed by atoms with Gasteiger partial charge in [-0.3, -0.25) is 0 Å². The number of hydrogen-bond donors (Lipinski definition) is 3. The summed E-state index contributed by atoms with van der Waals surface area (Å²) in [7, 11) is -3.62. The van der Waals surface area contributed by atoms with E-state index in [1.807, 2.05) is 0 Å². The van der Waals surface area contributed by atoms with Crippen molar-refractivity contribution in [3.63, 3.8) is 0 Å². The van der Waals surface area contributed by atoms with E-state index in [0.29, 0.717) is 12.3 Å². The van der Waals surface area contributed by atoms with E-state index in [1.165, 1.54) is 6.07 Å². The summed E-state index contributed by atoms with van der Waals surface area (Å²) in [5, 5.41) is 9.10. The Morgan fingerprint density at radius 3 is 2.74 bits per heavy atom. The number of sulfonamides is 1. The van der Waals surface area contributed by atoms with Crippen molar-refractivity contribution in [2.45, 2.75) is 30.9 Å². The molecule has 0 aliphatic heterocycles. The van der Waals surface area contributed by atoms with Gasteiger partial charge in [0, 0.05) is 13.2 Å². The molecule has 1 aromatic rings. The van der Waals surface area contributed by atoms with Crippen LogP contribution in [0.2, 0.25) is 0 Å². The van der Waals surface area contributed by atoms with Crippen molar-refractivity contribution < 1.29 is 17.9 Å². The summed E-state index contributed by atoms with van der Waals surface area (Å²) >= 11 is 0. The van der Waals surface area contributed by atoms with E-state index in [4.69, 9.17) is 10.2 Å². The summed E-state index contributed by atoms with van der Waals surface area (Å²) in [6.45, 7) is 0.626. The van der Waals surface area contributed by atoms with Crippen molar-refractivity contribution in [1.82, 2.24) is 4.72 Å². The third-order valence-electron chi connectivity index (χ3n) is 3.69. The highest BCUT2D eigenvalue weighted by atomic mass is 32.2. The molecule has 1 saturated carbocycles. The molecule has 1 heterocycles. The number of aliphatic hydroxyl groups excluding tert-OH is 1. The first-order valence-corrected chi connectivity index (χ1v) is 7.94. The van der Waals surface area contributed by atoms with Gasteiger partial charge in [-0.2, -0.15) is 0 Å². The van der Waals surface area contributed by atoms with Crippen molar-refractivity contribution in [2.75, 3.05) is 13.2 Å². The van der Waals surface area contributed by atoms with Crippen LogP contribution in [0.1, 0.15) is 25.0 Å². The lowest BCUT2D eigenvalue weighted by Crippen LogP contribution is -2.31. The largest absolute Gasteiger partial charge is 0.447 e. The second-order valence-corrected chi connectivity index (χ2v) is 6.61. The molecule has 0 aromatic carbocycles. The molecule has 1 aliphatic rings. The van der Waals surface area contributed by atoms with Crippen molar-refractivity contribution in [3.05, 3.63) is 17.9 Å². The van der Waals surface area contributed by atoms with Gasteiger partial charge in [0.15, 0.2) is 0 Å². The molecule has 0 radical (unpaired) electrons. The second-order valence-electron chi connectivity index (χ2n) is 4.91. The summed E-state index contributed by atoms with van der Waals surface area (Å²) in [4.78, 5) is 0. The maximum Gasteiger partial charge on any atom is 0.273 e. The summed E-state index contributed by atoms with van der Waals surface area (Å²) in [5.74, 6) is 0.831. The van der Waals surface area contributed by atoms with Gasteiger partial charge >= 0.3 is 0 Å². The molecule has 0 amide bonds. The maximum atomic E-state index is 12.0. The van der Waals surface area contributed by atoms with Gasteiger partial charge in [-0.05, 0) is 36.8 Å². The molecular weight excluding hydrogens is 268 g/mol. The summed E-state index contributed by atoms with van der Waals surface area (Å²) in [5.41, 5.74) is 5.38. The Balaban J connectivity index is 1.97.